The molecule has 134 valence electrons. The van der Waals surface area contributed by atoms with Gasteiger partial charge in [0.2, 0.25) is 11.8 Å². The third-order valence-electron chi connectivity index (χ3n) is 5.51. The van der Waals surface area contributed by atoms with Gasteiger partial charge in [0.15, 0.2) is 5.69 Å². The van der Waals surface area contributed by atoms with Crippen molar-refractivity contribution in [1.82, 2.24) is 20.3 Å². The third-order valence-corrected chi connectivity index (χ3v) is 5.51. The van der Waals surface area contributed by atoms with Crippen molar-refractivity contribution in [2.75, 3.05) is 13.1 Å². The summed E-state index contributed by atoms with van der Waals surface area (Å²) < 4.78 is 10.6. The molecule has 7 heteroatoms. The van der Waals surface area contributed by atoms with Crippen molar-refractivity contribution in [3.8, 4) is 11.6 Å². The summed E-state index contributed by atoms with van der Waals surface area (Å²) in [5.41, 5.74) is 0.530. The lowest BCUT2D eigenvalue weighted by Gasteiger charge is -2.41. The van der Waals surface area contributed by atoms with Crippen LogP contribution in [0.4, 0.5) is 0 Å². The number of aryl methyl sites for hydroxylation is 2. The van der Waals surface area contributed by atoms with Gasteiger partial charge in [-0.15, -0.1) is 10.2 Å². The van der Waals surface area contributed by atoms with Crippen LogP contribution in [0.5, 0.6) is 0 Å². The van der Waals surface area contributed by atoms with Crippen molar-refractivity contribution >= 4 is 5.91 Å². The molecule has 0 aromatic carbocycles. The molecule has 1 amide bonds. The molecule has 3 heterocycles. The van der Waals surface area contributed by atoms with Gasteiger partial charge < -0.3 is 13.8 Å². The summed E-state index contributed by atoms with van der Waals surface area (Å²) in [6.45, 7) is 3.63. The number of carbonyl (C=O) groups excluding carboxylic acids is 1. The van der Waals surface area contributed by atoms with E-state index in [1.165, 1.54) is 25.7 Å². The summed E-state index contributed by atoms with van der Waals surface area (Å²) in [5, 5.41) is 11.9. The Labute approximate surface area is 146 Å². The Morgan fingerprint density at radius 1 is 1.24 bits per heavy atom. The van der Waals surface area contributed by atoms with E-state index >= 15 is 0 Å². The molecule has 1 saturated carbocycles. The van der Waals surface area contributed by atoms with Crippen LogP contribution in [0.1, 0.15) is 50.2 Å². The minimum atomic E-state index is 0.195. The van der Waals surface area contributed by atoms with Crippen molar-refractivity contribution < 1.29 is 13.7 Å². The Balaban J connectivity index is 1.31. The normalized spacial score (nSPS) is 23.5. The highest BCUT2D eigenvalue weighted by atomic mass is 16.5. The van der Waals surface area contributed by atoms with Crippen LogP contribution in [-0.4, -0.2) is 39.3 Å². The summed E-state index contributed by atoms with van der Waals surface area (Å²) in [6.07, 6.45) is 7.34. The van der Waals surface area contributed by atoms with Crippen molar-refractivity contribution in [2.45, 2.75) is 51.9 Å². The summed E-state index contributed by atoms with van der Waals surface area (Å²) in [5.74, 6) is 3.23. The second-order valence-electron chi connectivity index (χ2n) is 7.26. The Morgan fingerprint density at radius 2 is 2.08 bits per heavy atom. The highest BCUT2D eigenvalue weighted by Gasteiger charge is 2.32. The van der Waals surface area contributed by atoms with Crippen molar-refractivity contribution in [3.05, 3.63) is 17.7 Å². The van der Waals surface area contributed by atoms with E-state index in [2.05, 4.69) is 15.4 Å². The number of carbonyl (C=O) groups is 1. The zero-order chi connectivity index (χ0) is 17.2. The second kappa shape index (κ2) is 6.98. The topological polar surface area (TPSA) is 85.3 Å². The molecule has 0 spiro atoms. The van der Waals surface area contributed by atoms with E-state index in [9.17, 15) is 4.79 Å². The molecule has 0 unspecified atom stereocenters. The number of amides is 1. The zero-order valence-corrected chi connectivity index (χ0v) is 14.6. The predicted octanol–water partition coefficient (Wildman–Crippen LogP) is 3.00. The van der Waals surface area contributed by atoms with Gasteiger partial charge in [0, 0.05) is 32.0 Å². The van der Waals surface area contributed by atoms with Crippen LogP contribution in [-0.2, 0) is 11.2 Å². The van der Waals surface area contributed by atoms with Crippen LogP contribution >= 0.6 is 0 Å². The summed E-state index contributed by atoms with van der Waals surface area (Å²) >= 11 is 0. The smallest absolute Gasteiger partial charge is 0.269 e. The minimum absolute atomic E-state index is 0.195. The number of piperidine rings is 1. The fourth-order valence-electron chi connectivity index (χ4n) is 4.12. The number of fused-ring (bicyclic) bond motifs is 1. The largest absolute Gasteiger partial charge is 0.419 e. The van der Waals surface area contributed by atoms with E-state index in [4.69, 9.17) is 8.94 Å². The molecule has 0 N–H and O–H groups in total. The summed E-state index contributed by atoms with van der Waals surface area (Å²) in [6, 6.07) is 1.75. The van der Waals surface area contributed by atoms with Crippen LogP contribution in [0.25, 0.3) is 11.6 Å². The van der Waals surface area contributed by atoms with E-state index in [1.807, 2.05) is 11.8 Å². The number of rotatable bonds is 4. The van der Waals surface area contributed by atoms with Gasteiger partial charge in [-0.3, -0.25) is 4.79 Å². The van der Waals surface area contributed by atoms with Gasteiger partial charge >= 0.3 is 0 Å². The number of hydrogen-bond acceptors (Lipinski definition) is 6. The molecule has 1 aliphatic carbocycles. The van der Waals surface area contributed by atoms with E-state index in [-0.39, 0.29) is 5.91 Å². The van der Waals surface area contributed by atoms with Gasteiger partial charge in [-0.25, -0.2) is 0 Å². The maximum absolute atomic E-state index is 12.5. The average molecular weight is 344 g/mol. The van der Waals surface area contributed by atoms with Crippen LogP contribution in [0.15, 0.2) is 15.0 Å². The van der Waals surface area contributed by atoms with Crippen molar-refractivity contribution in [3.63, 3.8) is 0 Å². The van der Waals surface area contributed by atoms with Crippen molar-refractivity contribution in [1.29, 1.82) is 0 Å². The van der Waals surface area contributed by atoms with E-state index in [1.54, 1.807) is 6.07 Å². The monoisotopic (exact) mass is 344 g/mol. The van der Waals surface area contributed by atoms with Gasteiger partial charge in [0.1, 0.15) is 5.76 Å². The maximum Gasteiger partial charge on any atom is 0.269 e. The molecule has 25 heavy (non-hydrogen) atoms. The van der Waals surface area contributed by atoms with E-state index in [0.29, 0.717) is 42.0 Å². The first-order chi connectivity index (χ1) is 12.2. The average Bonchev–Trinajstić information content (AvgIpc) is 3.28. The molecule has 2 aliphatic rings. The fraction of sp³-hybridized carbons (Fsp3) is 0.667. The predicted molar refractivity (Wildman–Crippen MR) is 89.5 cm³/mol. The Morgan fingerprint density at radius 3 is 2.88 bits per heavy atom. The number of nitrogens with zero attached hydrogens (tertiary/aromatic N) is 4. The molecule has 0 radical (unpaired) electrons. The quantitative estimate of drug-likeness (QED) is 0.847. The molecule has 0 bridgehead atoms. The van der Waals surface area contributed by atoms with Crippen LogP contribution in [0.3, 0.4) is 0 Å². The highest BCUT2D eigenvalue weighted by molar-refractivity contribution is 5.76. The lowest BCUT2D eigenvalue weighted by atomic mass is 9.75. The first-order valence-electron chi connectivity index (χ1n) is 9.23. The van der Waals surface area contributed by atoms with Crippen LogP contribution in [0, 0.1) is 18.8 Å². The number of hydrogen-bond donors (Lipinski definition) is 0. The van der Waals surface area contributed by atoms with Gasteiger partial charge in [-0.05, 0) is 31.6 Å². The number of likely N-dealkylation sites (tertiary alicyclic amines) is 1. The second-order valence-corrected chi connectivity index (χ2v) is 7.26. The zero-order valence-electron chi connectivity index (χ0n) is 14.6. The van der Waals surface area contributed by atoms with Gasteiger partial charge in [-0.2, -0.15) is 0 Å². The molecule has 7 nitrogen and oxygen atoms in total. The van der Waals surface area contributed by atoms with Gasteiger partial charge in [0.25, 0.3) is 5.89 Å². The Kier molecular flexibility index (Phi) is 4.55. The maximum atomic E-state index is 12.5. The highest BCUT2D eigenvalue weighted by Crippen LogP contribution is 2.36. The molecular formula is C18H24N4O3. The molecule has 2 aromatic heterocycles. The van der Waals surface area contributed by atoms with Gasteiger partial charge in [-0.1, -0.05) is 24.4 Å². The third kappa shape index (κ3) is 3.60. The Hall–Kier alpha value is -2.18. The molecule has 4 rings (SSSR count). The van der Waals surface area contributed by atoms with E-state index in [0.717, 1.165) is 25.4 Å². The summed E-state index contributed by atoms with van der Waals surface area (Å²) in [4.78, 5) is 14.6. The summed E-state index contributed by atoms with van der Waals surface area (Å²) in [7, 11) is 0. The molecule has 1 saturated heterocycles. The first kappa shape index (κ1) is 16.3. The Bertz CT molecular complexity index is 738. The molecule has 1 aliphatic heterocycles. The number of aromatic nitrogens is 3. The SMILES string of the molecule is Cc1cc(-c2nnc(CCC(=O)N3CC[C@@H]4CCCC[C@H]4C3)o2)no1. The molecule has 2 atom stereocenters. The van der Waals surface area contributed by atoms with Crippen molar-refractivity contribution in [2.24, 2.45) is 11.8 Å². The van der Waals surface area contributed by atoms with Crippen LogP contribution in [0.2, 0.25) is 0 Å². The molecular weight excluding hydrogens is 320 g/mol. The lowest BCUT2D eigenvalue weighted by Crippen LogP contribution is -2.44. The minimum Gasteiger partial charge on any atom is -0.419 e. The standard InChI is InChI=1S/C18H24N4O3/c1-12-10-15(21-25-12)18-20-19-16(24-18)6-7-17(23)22-9-8-13-4-2-3-5-14(13)11-22/h10,13-14H,2-9,11H2,1H3/t13-,14-/m0/s1. The molecule has 2 aromatic rings. The first-order valence-corrected chi connectivity index (χ1v) is 9.23. The van der Waals surface area contributed by atoms with E-state index < -0.39 is 0 Å². The molecule has 2 fully saturated rings. The lowest BCUT2D eigenvalue weighted by molar-refractivity contribution is -0.134. The fourth-order valence-corrected chi connectivity index (χ4v) is 4.12. The van der Waals surface area contributed by atoms with Gasteiger partial charge in [0.05, 0.1) is 0 Å². The van der Waals surface area contributed by atoms with Crippen LogP contribution < -0.4 is 0 Å².